The SMILES string of the molecule is O=C1N/C(=N/N=C/c2ccccc2Cl)SC1Cc1cccc(C(F)(F)F)c1. The van der Waals surface area contributed by atoms with Crippen LogP contribution in [0.3, 0.4) is 0 Å². The lowest BCUT2D eigenvalue weighted by molar-refractivity contribution is -0.137. The molecule has 1 fully saturated rings. The lowest BCUT2D eigenvalue weighted by atomic mass is 10.1. The van der Waals surface area contributed by atoms with Gasteiger partial charge in [0.2, 0.25) is 5.91 Å². The molecular weight excluding hydrogens is 399 g/mol. The molecular formula is C18H13ClF3N3OS. The van der Waals surface area contributed by atoms with Crippen LogP contribution in [0.15, 0.2) is 58.7 Å². The smallest absolute Gasteiger partial charge is 0.303 e. The topological polar surface area (TPSA) is 53.8 Å². The van der Waals surface area contributed by atoms with Crippen molar-refractivity contribution >= 4 is 40.7 Å². The molecule has 0 bridgehead atoms. The second-order valence-corrected chi connectivity index (χ2v) is 7.27. The zero-order valence-corrected chi connectivity index (χ0v) is 15.3. The number of carbonyl (C=O) groups excluding carboxylic acids is 1. The highest BCUT2D eigenvalue weighted by Crippen LogP contribution is 2.31. The van der Waals surface area contributed by atoms with Gasteiger partial charge in [-0.05, 0) is 24.1 Å². The van der Waals surface area contributed by atoms with E-state index in [1.807, 2.05) is 0 Å². The van der Waals surface area contributed by atoms with Crippen molar-refractivity contribution in [3.05, 3.63) is 70.2 Å². The number of thioether (sulfide) groups is 1. The molecule has 0 aliphatic carbocycles. The first-order chi connectivity index (χ1) is 12.8. The Bertz CT molecular complexity index is 915. The largest absolute Gasteiger partial charge is 0.416 e. The Labute approximate surface area is 162 Å². The van der Waals surface area contributed by atoms with Gasteiger partial charge in [-0.25, -0.2) is 0 Å². The molecule has 9 heteroatoms. The van der Waals surface area contributed by atoms with Crippen LogP contribution in [-0.4, -0.2) is 22.5 Å². The van der Waals surface area contributed by atoms with Crippen LogP contribution < -0.4 is 5.32 Å². The number of benzene rings is 2. The third-order valence-corrected chi connectivity index (χ3v) is 5.12. The number of halogens is 4. The van der Waals surface area contributed by atoms with E-state index in [9.17, 15) is 18.0 Å². The summed E-state index contributed by atoms with van der Waals surface area (Å²) in [5.74, 6) is -0.316. The molecule has 1 amide bonds. The van der Waals surface area contributed by atoms with Gasteiger partial charge < -0.3 is 5.32 Å². The number of carbonyl (C=O) groups is 1. The summed E-state index contributed by atoms with van der Waals surface area (Å²) < 4.78 is 38.4. The van der Waals surface area contributed by atoms with E-state index < -0.39 is 17.0 Å². The van der Waals surface area contributed by atoms with Gasteiger partial charge in [0.05, 0.1) is 17.0 Å². The van der Waals surface area contributed by atoms with Crippen LogP contribution in [0.4, 0.5) is 13.2 Å². The highest BCUT2D eigenvalue weighted by molar-refractivity contribution is 8.15. The molecule has 1 unspecified atom stereocenters. The standard InChI is InChI=1S/C18H13ClF3N3OS/c19-14-7-2-1-5-12(14)10-23-25-17-24-16(26)15(27-17)9-11-4-3-6-13(8-11)18(20,21)22/h1-8,10,15H,9H2,(H,24,25,26)/b23-10+. The van der Waals surface area contributed by atoms with Crippen molar-refractivity contribution in [3.63, 3.8) is 0 Å². The Morgan fingerprint density at radius 2 is 1.96 bits per heavy atom. The Morgan fingerprint density at radius 1 is 1.19 bits per heavy atom. The van der Waals surface area contributed by atoms with Crippen LogP contribution in [0.1, 0.15) is 16.7 Å². The van der Waals surface area contributed by atoms with Gasteiger partial charge in [-0.2, -0.15) is 18.3 Å². The average molecular weight is 412 g/mol. The summed E-state index contributed by atoms with van der Waals surface area (Å²) in [6.07, 6.45) is -2.79. The summed E-state index contributed by atoms with van der Waals surface area (Å²) in [5.41, 5.74) is 0.373. The summed E-state index contributed by atoms with van der Waals surface area (Å²) in [6, 6.07) is 12.0. The fourth-order valence-electron chi connectivity index (χ4n) is 2.40. The van der Waals surface area contributed by atoms with Crippen LogP contribution in [0.25, 0.3) is 0 Å². The third-order valence-electron chi connectivity index (χ3n) is 3.70. The van der Waals surface area contributed by atoms with Gasteiger partial charge in [-0.15, -0.1) is 5.10 Å². The number of amidine groups is 1. The Kier molecular flexibility index (Phi) is 5.86. The van der Waals surface area contributed by atoms with E-state index in [4.69, 9.17) is 11.6 Å². The van der Waals surface area contributed by atoms with E-state index in [2.05, 4.69) is 15.5 Å². The molecule has 1 aliphatic heterocycles. The molecule has 0 spiro atoms. The van der Waals surface area contributed by atoms with Crippen LogP contribution >= 0.6 is 23.4 Å². The maximum absolute atomic E-state index is 12.8. The Hall–Kier alpha value is -2.32. The van der Waals surface area contributed by atoms with Crippen molar-refractivity contribution < 1.29 is 18.0 Å². The molecule has 2 aromatic rings. The van der Waals surface area contributed by atoms with Crippen LogP contribution in [0.5, 0.6) is 0 Å². The highest BCUT2D eigenvalue weighted by Gasteiger charge is 2.33. The summed E-state index contributed by atoms with van der Waals surface area (Å²) in [6.45, 7) is 0. The van der Waals surface area contributed by atoms with Gasteiger partial charge >= 0.3 is 6.18 Å². The molecule has 140 valence electrons. The summed E-state index contributed by atoms with van der Waals surface area (Å²) >= 11 is 7.13. The minimum Gasteiger partial charge on any atom is -0.303 e. The number of alkyl halides is 3. The normalized spacial score (nSPS) is 19.0. The van der Waals surface area contributed by atoms with Crippen molar-refractivity contribution in [2.24, 2.45) is 10.2 Å². The molecule has 3 rings (SSSR count). The van der Waals surface area contributed by atoms with Crippen molar-refractivity contribution in [3.8, 4) is 0 Å². The number of hydrogen-bond donors (Lipinski definition) is 1. The van der Waals surface area contributed by atoms with Gasteiger partial charge in [0.15, 0.2) is 5.17 Å². The third kappa shape index (κ3) is 5.11. The lowest BCUT2D eigenvalue weighted by Crippen LogP contribution is -2.26. The number of rotatable bonds is 4. The highest BCUT2D eigenvalue weighted by atomic mass is 35.5. The minimum absolute atomic E-state index is 0.160. The van der Waals surface area contributed by atoms with E-state index in [0.717, 1.165) is 23.9 Å². The zero-order chi connectivity index (χ0) is 19.4. The molecule has 2 aromatic carbocycles. The van der Waals surface area contributed by atoms with E-state index >= 15 is 0 Å². The second kappa shape index (κ2) is 8.14. The first kappa shape index (κ1) is 19.4. The lowest BCUT2D eigenvalue weighted by Gasteiger charge is -2.10. The van der Waals surface area contributed by atoms with Crippen molar-refractivity contribution in [1.82, 2.24) is 5.32 Å². The first-order valence-electron chi connectivity index (χ1n) is 7.82. The number of hydrogen-bond acceptors (Lipinski definition) is 4. The number of amides is 1. The quantitative estimate of drug-likeness (QED) is 0.594. The molecule has 1 N–H and O–H groups in total. The van der Waals surface area contributed by atoms with Crippen LogP contribution in [0.2, 0.25) is 5.02 Å². The molecule has 0 radical (unpaired) electrons. The predicted molar refractivity (Wildman–Crippen MR) is 101 cm³/mol. The predicted octanol–water partition coefficient (Wildman–Crippen LogP) is 4.52. The molecule has 1 heterocycles. The molecule has 0 saturated carbocycles. The van der Waals surface area contributed by atoms with Crippen LogP contribution in [-0.2, 0) is 17.4 Å². The molecule has 1 aliphatic rings. The first-order valence-corrected chi connectivity index (χ1v) is 9.08. The summed E-state index contributed by atoms with van der Waals surface area (Å²) in [5, 5.41) is 10.7. The average Bonchev–Trinajstić information content (AvgIpc) is 2.96. The second-order valence-electron chi connectivity index (χ2n) is 5.67. The van der Waals surface area contributed by atoms with Gasteiger partial charge in [-0.1, -0.05) is 59.8 Å². The number of nitrogens with one attached hydrogen (secondary N) is 1. The maximum Gasteiger partial charge on any atom is 0.416 e. The van der Waals surface area contributed by atoms with E-state index in [0.29, 0.717) is 21.3 Å². The number of nitrogens with zero attached hydrogens (tertiary/aromatic N) is 2. The van der Waals surface area contributed by atoms with Crippen molar-refractivity contribution in [2.75, 3.05) is 0 Å². The molecule has 0 aromatic heterocycles. The Balaban J connectivity index is 1.66. The molecule has 27 heavy (non-hydrogen) atoms. The molecule has 1 saturated heterocycles. The minimum atomic E-state index is -4.42. The van der Waals surface area contributed by atoms with E-state index in [1.54, 1.807) is 30.3 Å². The fourth-order valence-corrected chi connectivity index (χ4v) is 3.55. The monoisotopic (exact) mass is 411 g/mol. The van der Waals surface area contributed by atoms with Crippen molar-refractivity contribution in [1.29, 1.82) is 0 Å². The van der Waals surface area contributed by atoms with Gasteiger partial charge in [0.1, 0.15) is 0 Å². The molecule has 1 atom stereocenters. The Morgan fingerprint density at radius 3 is 2.70 bits per heavy atom. The zero-order valence-electron chi connectivity index (χ0n) is 13.7. The van der Waals surface area contributed by atoms with Gasteiger partial charge in [0, 0.05) is 10.6 Å². The van der Waals surface area contributed by atoms with Crippen molar-refractivity contribution in [2.45, 2.75) is 17.8 Å². The van der Waals surface area contributed by atoms with Gasteiger partial charge in [0.25, 0.3) is 0 Å². The fraction of sp³-hybridized carbons (Fsp3) is 0.167. The van der Waals surface area contributed by atoms with E-state index in [-0.39, 0.29) is 12.3 Å². The van der Waals surface area contributed by atoms with Gasteiger partial charge in [-0.3, -0.25) is 4.79 Å². The summed E-state index contributed by atoms with van der Waals surface area (Å²) in [7, 11) is 0. The maximum atomic E-state index is 12.8. The van der Waals surface area contributed by atoms with E-state index in [1.165, 1.54) is 12.3 Å². The van der Waals surface area contributed by atoms with Crippen LogP contribution in [0, 0.1) is 0 Å². The summed E-state index contributed by atoms with van der Waals surface area (Å²) in [4.78, 5) is 12.1. The molecule has 4 nitrogen and oxygen atoms in total.